The van der Waals surface area contributed by atoms with Crippen LogP contribution in [0.1, 0.15) is 44.9 Å². The van der Waals surface area contributed by atoms with Crippen LogP contribution in [0.2, 0.25) is 0 Å². The smallest absolute Gasteiger partial charge is 0.369 e. The molecule has 1 saturated heterocycles. The number of halogens is 3. The van der Waals surface area contributed by atoms with Crippen LogP contribution in [0.3, 0.4) is 0 Å². The first-order chi connectivity index (χ1) is 15.5. The number of benzene rings is 1. The summed E-state index contributed by atoms with van der Waals surface area (Å²) < 4.78 is 60.3. The number of sulfone groups is 1. The SMILES string of the molecule is CS(=O)(=O)c1cccc(N2CCN(CCC3CCC(NC(=O)CCC(F)(F)F)CC3)CC2)c1. The zero-order chi connectivity index (χ0) is 24.1. The maximum absolute atomic E-state index is 12.2. The average Bonchev–Trinajstić information content (AvgIpc) is 2.77. The first-order valence-electron chi connectivity index (χ1n) is 11.6. The zero-order valence-corrected chi connectivity index (χ0v) is 19.9. The van der Waals surface area contributed by atoms with Gasteiger partial charge in [0.2, 0.25) is 5.91 Å². The highest BCUT2D eigenvalue weighted by atomic mass is 32.2. The normalized spacial score (nSPS) is 22.8. The fraction of sp³-hybridized carbons (Fsp3) is 0.696. The summed E-state index contributed by atoms with van der Waals surface area (Å²) in [5.41, 5.74) is 0.938. The van der Waals surface area contributed by atoms with Crippen LogP contribution in [-0.2, 0) is 14.6 Å². The van der Waals surface area contributed by atoms with Gasteiger partial charge in [-0.2, -0.15) is 13.2 Å². The van der Waals surface area contributed by atoms with Crippen LogP contribution < -0.4 is 10.2 Å². The van der Waals surface area contributed by atoms with Crippen LogP contribution in [0.4, 0.5) is 18.9 Å². The fourth-order valence-electron chi connectivity index (χ4n) is 4.66. The van der Waals surface area contributed by atoms with Gasteiger partial charge in [0, 0.05) is 50.6 Å². The topological polar surface area (TPSA) is 69.7 Å². The molecule has 0 radical (unpaired) electrons. The Bertz CT molecular complexity index is 892. The molecule has 0 spiro atoms. The number of carbonyl (C=O) groups is 1. The molecule has 1 heterocycles. The predicted octanol–water partition coefficient (Wildman–Crippen LogP) is 3.62. The molecule has 33 heavy (non-hydrogen) atoms. The summed E-state index contributed by atoms with van der Waals surface area (Å²) in [4.78, 5) is 16.7. The molecule has 3 rings (SSSR count). The largest absolute Gasteiger partial charge is 0.389 e. The van der Waals surface area contributed by atoms with Gasteiger partial charge >= 0.3 is 6.18 Å². The van der Waals surface area contributed by atoms with Gasteiger partial charge in [-0.25, -0.2) is 8.42 Å². The fourth-order valence-corrected chi connectivity index (χ4v) is 5.32. The second kappa shape index (κ2) is 11.1. The molecule has 0 atom stereocenters. The number of anilines is 1. The molecular weight excluding hydrogens is 455 g/mol. The predicted molar refractivity (Wildman–Crippen MR) is 122 cm³/mol. The van der Waals surface area contributed by atoms with E-state index in [0.29, 0.717) is 10.8 Å². The van der Waals surface area contributed by atoms with Crippen molar-refractivity contribution in [1.82, 2.24) is 10.2 Å². The van der Waals surface area contributed by atoms with Gasteiger partial charge in [0.15, 0.2) is 9.84 Å². The molecule has 2 fully saturated rings. The number of alkyl halides is 3. The van der Waals surface area contributed by atoms with Gasteiger partial charge < -0.3 is 10.2 Å². The molecule has 6 nitrogen and oxygen atoms in total. The Labute approximate surface area is 194 Å². The Hall–Kier alpha value is -1.81. The molecule has 1 aliphatic carbocycles. The van der Waals surface area contributed by atoms with Gasteiger partial charge in [-0.15, -0.1) is 0 Å². The molecule has 1 aliphatic heterocycles. The van der Waals surface area contributed by atoms with E-state index in [9.17, 15) is 26.4 Å². The Morgan fingerprint density at radius 3 is 2.36 bits per heavy atom. The van der Waals surface area contributed by atoms with Crippen molar-refractivity contribution in [2.24, 2.45) is 5.92 Å². The van der Waals surface area contributed by atoms with Crippen LogP contribution in [-0.4, -0.2) is 70.4 Å². The standard InChI is InChI=1S/C23H34F3N3O3S/c1-33(31,32)21-4-2-3-20(17-21)29-15-13-28(14-16-29)12-10-18-5-7-19(8-6-18)27-22(30)9-11-23(24,25)26/h2-4,17-19H,5-16H2,1H3,(H,27,30). The number of nitrogens with one attached hydrogen (secondary N) is 1. The van der Waals surface area contributed by atoms with E-state index in [1.807, 2.05) is 6.07 Å². The second-order valence-electron chi connectivity index (χ2n) is 9.29. The van der Waals surface area contributed by atoms with Crippen molar-refractivity contribution < 1.29 is 26.4 Å². The molecular formula is C23H34F3N3O3S. The van der Waals surface area contributed by atoms with E-state index in [1.54, 1.807) is 18.2 Å². The van der Waals surface area contributed by atoms with E-state index in [-0.39, 0.29) is 6.04 Å². The number of carbonyl (C=O) groups excluding carboxylic acids is 1. The number of hydrogen-bond acceptors (Lipinski definition) is 5. The molecule has 1 amide bonds. The van der Waals surface area contributed by atoms with Crippen molar-refractivity contribution in [2.75, 3.05) is 43.9 Å². The van der Waals surface area contributed by atoms with E-state index < -0.39 is 34.8 Å². The molecule has 186 valence electrons. The lowest BCUT2D eigenvalue weighted by Gasteiger charge is -2.37. The maximum Gasteiger partial charge on any atom is 0.389 e. The monoisotopic (exact) mass is 489 g/mol. The summed E-state index contributed by atoms with van der Waals surface area (Å²) in [5, 5.41) is 2.76. The number of rotatable bonds is 8. The van der Waals surface area contributed by atoms with E-state index in [4.69, 9.17) is 0 Å². The molecule has 2 aliphatic rings. The number of piperazine rings is 1. The first kappa shape index (κ1) is 25.8. The summed E-state index contributed by atoms with van der Waals surface area (Å²) in [7, 11) is -3.22. The van der Waals surface area contributed by atoms with E-state index in [1.165, 1.54) is 6.26 Å². The second-order valence-corrected chi connectivity index (χ2v) is 11.3. The summed E-state index contributed by atoms with van der Waals surface area (Å²) in [5.74, 6) is 0.0773. The molecule has 0 aromatic heterocycles. The van der Waals surface area contributed by atoms with E-state index in [2.05, 4.69) is 15.1 Å². The molecule has 1 aromatic rings. The van der Waals surface area contributed by atoms with Crippen molar-refractivity contribution in [3.05, 3.63) is 24.3 Å². The highest BCUT2D eigenvalue weighted by molar-refractivity contribution is 7.90. The minimum absolute atomic E-state index is 0.00627. The van der Waals surface area contributed by atoms with Crippen LogP contribution in [0.15, 0.2) is 29.2 Å². The minimum atomic E-state index is -4.29. The third kappa shape index (κ3) is 8.48. The third-order valence-electron chi connectivity index (χ3n) is 6.68. The summed E-state index contributed by atoms with van der Waals surface area (Å²) in [6.07, 6.45) is 0.0849. The first-order valence-corrected chi connectivity index (χ1v) is 13.5. The Morgan fingerprint density at radius 1 is 1.09 bits per heavy atom. The summed E-state index contributed by atoms with van der Waals surface area (Å²) >= 11 is 0. The number of amides is 1. The van der Waals surface area contributed by atoms with Gasteiger partial charge in [0.1, 0.15) is 0 Å². The summed E-state index contributed by atoms with van der Waals surface area (Å²) in [6, 6.07) is 7.09. The van der Waals surface area contributed by atoms with Crippen molar-refractivity contribution in [3.63, 3.8) is 0 Å². The lowest BCUT2D eigenvalue weighted by molar-refractivity contribution is -0.144. The van der Waals surface area contributed by atoms with Gasteiger partial charge in [0.25, 0.3) is 0 Å². The number of nitrogens with zero attached hydrogens (tertiary/aromatic N) is 2. The molecule has 1 aromatic carbocycles. The van der Waals surface area contributed by atoms with Crippen molar-refractivity contribution in [1.29, 1.82) is 0 Å². The highest BCUT2D eigenvalue weighted by Gasteiger charge is 2.29. The highest BCUT2D eigenvalue weighted by Crippen LogP contribution is 2.28. The Morgan fingerprint density at radius 2 is 1.76 bits per heavy atom. The van der Waals surface area contributed by atoms with E-state index in [0.717, 1.165) is 70.5 Å². The zero-order valence-electron chi connectivity index (χ0n) is 19.1. The number of hydrogen-bond donors (Lipinski definition) is 1. The lowest BCUT2D eigenvalue weighted by atomic mass is 9.84. The van der Waals surface area contributed by atoms with Crippen molar-refractivity contribution in [3.8, 4) is 0 Å². The quantitative estimate of drug-likeness (QED) is 0.604. The van der Waals surface area contributed by atoms with Crippen LogP contribution in [0.5, 0.6) is 0 Å². The summed E-state index contributed by atoms with van der Waals surface area (Å²) in [6.45, 7) is 4.56. The molecule has 10 heteroatoms. The average molecular weight is 490 g/mol. The van der Waals surface area contributed by atoms with Crippen LogP contribution in [0, 0.1) is 5.92 Å². The molecule has 0 unspecified atom stereocenters. The Balaban J connectivity index is 1.34. The molecule has 1 N–H and O–H groups in total. The van der Waals surface area contributed by atoms with Gasteiger partial charge in [-0.05, 0) is 62.8 Å². The van der Waals surface area contributed by atoms with Crippen molar-refractivity contribution >= 4 is 21.4 Å². The lowest BCUT2D eigenvalue weighted by Crippen LogP contribution is -2.47. The molecule has 0 bridgehead atoms. The van der Waals surface area contributed by atoms with E-state index >= 15 is 0 Å². The minimum Gasteiger partial charge on any atom is -0.369 e. The van der Waals surface area contributed by atoms with Crippen LogP contribution in [0.25, 0.3) is 0 Å². The van der Waals surface area contributed by atoms with Gasteiger partial charge in [-0.1, -0.05) is 6.07 Å². The molecule has 1 saturated carbocycles. The Kier molecular flexibility index (Phi) is 8.66. The van der Waals surface area contributed by atoms with Gasteiger partial charge in [-0.3, -0.25) is 9.69 Å². The third-order valence-corrected chi connectivity index (χ3v) is 7.79. The maximum atomic E-state index is 12.2. The van der Waals surface area contributed by atoms with Crippen molar-refractivity contribution in [2.45, 2.75) is 62.1 Å². The van der Waals surface area contributed by atoms with Crippen LogP contribution >= 0.6 is 0 Å². The van der Waals surface area contributed by atoms with Gasteiger partial charge in [0.05, 0.1) is 11.3 Å².